The van der Waals surface area contributed by atoms with Crippen molar-refractivity contribution in [3.05, 3.63) is 188 Å². The Morgan fingerprint density at radius 2 is 0.784 bits per heavy atom. The van der Waals surface area contributed by atoms with Gasteiger partial charge in [0.05, 0.1) is 11.0 Å². The molecule has 0 aliphatic carbocycles. The zero-order chi connectivity index (χ0) is 33.5. The summed E-state index contributed by atoms with van der Waals surface area (Å²) in [5.74, 6) is 0. The van der Waals surface area contributed by atoms with E-state index < -0.39 is 0 Å². The van der Waals surface area contributed by atoms with Gasteiger partial charge in [0.1, 0.15) is 0 Å². The van der Waals surface area contributed by atoms with E-state index in [1.54, 1.807) is 0 Å². The molecule has 0 saturated carbocycles. The lowest BCUT2D eigenvalue weighted by Gasteiger charge is -2.18. The van der Waals surface area contributed by atoms with Gasteiger partial charge >= 0.3 is 0 Å². The topological polar surface area (TPSA) is 4.93 Å². The lowest BCUT2D eigenvalue weighted by atomic mass is 9.85. The summed E-state index contributed by atoms with van der Waals surface area (Å²) in [6.07, 6.45) is 0. The van der Waals surface area contributed by atoms with Crippen molar-refractivity contribution in [1.82, 2.24) is 4.57 Å². The first-order valence-electron chi connectivity index (χ1n) is 17.7. The van der Waals surface area contributed by atoms with Crippen molar-refractivity contribution in [3.8, 4) is 39.1 Å². The van der Waals surface area contributed by atoms with Crippen molar-refractivity contribution in [2.24, 2.45) is 0 Å². The molecule has 51 heavy (non-hydrogen) atoms. The van der Waals surface area contributed by atoms with Gasteiger partial charge in [-0.25, -0.2) is 0 Å². The highest BCUT2D eigenvalue weighted by atomic mass is 15.0. The van der Waals surface area contributed by atoms with Crippen LogP contribution in [-0.4, -0.2) is 4.57 Å². The molecule has 11 rings (SSSR count). The second-order valence-electron chi connectivity index (χ2n) is 13.7. The van der Waals surface area contributed by atoms with E-state index in [2.05, 4.69) is 193 Å². The monoisotopic (exact) mass is 645 g/mol. The molecule has 1 heterocycles. The van der Waals surface area contributed by atoms with Crippen LogP contribution in [0, 0.1) is 0 Å². The van der Waals surface area contributed by atoms with Crippen LogP contribution in [0.25, 0.3) is 104 Å². The van der Waals surface area contributed by atoms with Gasteiger partial charge in [0.25, 0.3) is 0 Å². The molecule has 0 N–H and O–H groups in total. The van der Waals surface area contributed by atoms with E-state index in [-0.39, 0.29) is 0 Å². The third-order valence-corrected chi connectivity index (χ3v) is 10.9. The summed E-state index contributed by atoms with van der Waals surface area (Å²) in [5, 5.41) is 12.8. The van der Waals surface area contributed by atoms with E-state index in [4.69, 9.17) is 0 Å². The van der Waals surface area contributed by atoms with E-state index in [9.17, 15) is 0 Å². The van der Waals surface area contributed by atoms with Crippen LogP contribution in [0.5, 0.6) is 0 Å². The predicted molar refractivity (Wildman–Crippen MR) is 218 cm³/mol. The first-order chi connectivity index (χ1) is 25.3. The summed E-state index contributed by atoms with van der Waals surface area (Å²) < 4.78 is 2.43. The van der Waals surface area contributed by atoms with Crippen molar-refractivity contribution >= 4 is 64.9 Å². The van der Waals surface area contributed by atoms with Crippen LogP contribution >= 0.6 is 0 Å². The molecule has 0 atom stereocenters. The molecule has 0 saturated heterocycles. The Bertz CT molecular complexity index is 3050. The molecule has 1 aromatic heterocycles. The van der Waals surface area contributed by atoms with Crippen molar-refractivity contribution < 1.29 is 0 Å². The molecule has 0 unspecified atom stereocenters. The maximum atomic E-state index is 2.43. The molecule has 0 bridgehead atoms. The van der Waals surface area contributed by atoms with Gasteiger partial charge in [-0.15, -0.1) is 0 Å². The molecule has 0 fully saturated rings. The molecule has 1 nitrogen and oxygen atoms in total. The number of hydrogen-bond donors (Lipinski definition) is 0. The van der Waals surface area contributed by atoms with Crippen molar-refractivity contribution in [3.63, 3.8) is 0 Å². The fourth-order valence-corrected chi connectivity index (χ4v) is 8.64. The third-order valence-electron chi connectivity index (χ3n) is 10.9. The fraction of sp³-hybridized carbons (Fsp3) is 0. The van der Waals surface area contributed by atoms with Crippen molar-refractivity contribution in [2.45, 2.75) is 0 Å². The number of para-hydroxylation sites is 1. The second kappa shape index (κ2) is 10.9. The number of benzene rings is 10. The Kier molecular flexibility index (Phi) is 6.02. The van der Waals surface area contributed by atoms with Gasteiger partial charge in [-0.2, -0.15) is 0 Å². The quantitative estimate of drug-likeness (QED) is 0.133. The number of fused-ring (bicyclic) bond motifs is 3. The van der Waals surface area contributed by atoms with E-state index in [0.717, 1.165) is 0 Å². The summed E-state index contributed by atoms with van der Waals surface area (Å²) in [6, 6.07) is 69.3. The summed E-state index contributed by atoms with van der Waals surface area (Å²) in [5.41, 5.74) is 11.1. The molecule has 0 spiro atoms. The molecular weight excluding hydrogens is 615 g/mol. The summed E-state index contributed by atoms with van der Waals surface area (Å²) in [7, 11) is 0. The lowest BCUT2D eigenvalue weighted by Crippen LogP contribution is -1.93. The first kappa shape index (κ1) is 28.2. The van der Waals surface area contributed by atoms with Gasteiger partial charge in [-0.05, 0) is 113 Å². The third kappa shape index (κ3) is 4.22. The zero-order valence-corrected chi connectivity index (χ0v) is 27.8. The Hall–Kier alpha value is -6.70. The van der Waals surface area contributed by atoms with Gasteiger partial charge < -0.3 is 4.57 Å². The molecule has 1 heteroatoms. The van der Waals surface area contributed by atoms with E-state index in [1.807, 2.05) is 0 Å². The molecule has 236 valence electrons. The highest BCUT2D eigenvalue weighted by molar-refractivity contribution is 6.25. The highest BCUT2D eigenvalue weighted by Crippen LogP contribution is 2.45. The average molecular weight is 646 g/mol. The van der Waals surface area contributed by atoms with Crippen LogP contribution < -0.4 is 0 Å². The molecule has 0 aliphatic heterocycles. The fourth-order valence-electron chi connectivity index (χ4n) is 8.64. The van der Waals surface area contributed by atoms with Crippen LogP contribution in [0.3, 0.4) is 0 Å². The van der Waals surface area contributed by atoms with Crippen LogP contribution in [0.15, 0.2) is 188 Å². The summed E-state index contributed by atoms with van der Waals surface area (Å²) >= 11 is 0. The zero-order valence-electron chi connectivity index (χ0n) is 27.8. The van der Waals surface area contributed by atoms with Gasteiger partial charge in [0, 0.05) is 16.5 Å². The van der Waals surface area contributed by atoms with E-state index >= 15 is 0 Å². The molecule has 11 aromatic rings. The smallest absolute Gasteiger partial charge is 0.0553 e. The van der Waals surface area contributed by atoms with Crippen molar-refractivity contribution in [2.75, 3.05) is 0 Å². The summed E-state index contributed by atoms with van der Waals surface area (Å²) in [4.78, 5) is 0. The predicted octanol–water partition coefficient (Wildman–Crippen LogP) is 13.8. The van der Waals surface area contributed by atoms with Crippen LogP contribution in [0.1, 0.15) is 0 Å². The molecule has 0 amide bonds. The van der Waals surface area contributed by atoms with Crippen molar-refractivity contribution in [1.29, 1.82) is 0 Å². The van der Waals surface area contributed by atoms with E-state index in [0.29, 0.717) is 0 Å². The van der Waals surface area contributed by atoms with Gasteiger partial charge in [0.15, 0.2) is 0 Å². The minimum atomic E-state index is 1.18. The second-order valence-corrected chi connectivity index (χ2v) is 13.7. The number of hydrogen-bond acceptors (Lipinski definition) is 0. The van der Waals surface area contributed by atoms with Crippen LogP contribution in [0.2, 0.25) is 0 Å². The lowest BCUT2D eigenvalue weighted by molar-refractivity contribution is 1.18. The molecule has 10 aromatic carbocycles. The minimum absolute atomic E-state index is 1.18. The standard InChI is InChI=1S/C50H31N/c1-2-14-40(15-3-1)51-45-20-10-13-34-26-28-38-30-39(31-46(51)50(38)49(34)45)33-21-24-35(25-22-33)47-41-16-6-8-18-43(41)48(44-19-9-7-17-42(44)47)37-27-23-32-11-4-5-12-36(32)29-37/h1-31H. The number of nitrogens with zero attached hydrogens (tertiary/aromatic N) is 1. The normalized spacial score (nSPS) is 11.9. The maximum Gasteiger partial charge on any atom is 0.0553 e. The average Bonchev–Trinajstić information content (AvgIpc) is 3.54. The van der Waals surface area contributed by atoms with Gasteiger partial charge in [-0.1, -0.05) is 152 Å². The van der Waals surface area contributed by atoms with Crippen LogP contribution in [-0.2, 0) is 0 Å². The van der Waals surface area contributed by atoms with Gasteiger partial charge in [0.2, 0.25) is 0 Å². The SMILES string of the molecule is c1ccc(-n2c3cccc4ccc5cc(-c6ccc(-c7c8ccccc8c(-c8ccc9ccccc9c8)c8ccccc78)cc6)cc2c5c43)cc1. The number of rotatable bonds is 4. The Labute approximate surface area is 295 Å². The van der Waals surface area contributed by atoms with Crippen LogP contribution in [0.4, 0.5) is 0 Å². The summed E-state index contributed by atoms with van der Waals surface area (Å²) in [6.45, 7) is 0. The highest BCUT2D eigenvalue weighted by Gasteiger charge is 2.19. The Balaban J connectivity index is 1.10. The minimum Gasteiger partial charge on any atom is -0.309 e. The largest absolute Gasteiger partial charge is 0.309 e. The molecule has 0 radical (unpaired) electrons. The molecule has 0 aliphatic rings. The first-order valence-corrected chi connectivity index (χ1v) is 17.7. The van der Waals surface area contributed by atoms with E-state index in [1.165, 1.54) is 104 Å². The Morgan fingerprint density at radius 1 is 0.275 bits per heavy atom. The van der Waals surface area contributed by atoms with Gasteiger partial charge in [-0.3, -0.25) is 0 Å². The maximum absolute atomic E-state index is 2.43. The Morgan fingerprint density at radius 3 is 1.51 bits per heavy atom. The number of aromatic nitrogens is 1. The molecular formula is C50H31N.